The summed E-state index contributed by atoms with van der Waals surface area (Å²) in [5.74, 6) is -0.981. The Morgan fingerprint density at radius 1 is 1.57 bits per heavy atom. The highest BCUT2D eigenvalue weighted by atomic mass is 16.4. The number of hydrogen-bond donors (Lipinski definition) is 2. The van der Waals surface area contributed by atoms with Crippen molar-refractivity contribution in [3.63, 3.8) is 0 Å². The maximum absolute atomic E-state index is 10.6. The molecule has 14 heavy (non-hydrogen) atoms. The largest absolute Gasteiger partial charge is 0.481 e. The van der Waals surface area contributed by atoms with Gasteiger partial charge >= 0.3 is 5.97 Å². The second kappa shape index (κ2) is 4.78. The van der Waals surface area contributed by atoms with Gasteiger partial charge in [-0.1, -0.05) is 20.3 Å². The molecule has 0 aliphatic heterocycles. The van der Waals surface area contributed by atoms with Gasteiger partial charge in [-0.3, -0.25) is 4.79 Å². The Labute approximate surface area is 85.9 Å². The Bertz CT molecular complexity index is 199. The number of carbonyl (C=O) groups is 1. The minimum absolute atomic E-state index is 0.271. The van der Waals surface area contributed by atoms with Crippen LogP contribution >= 0.6 is 0 Å². The van der Waals surface area contributed by atoms with Gasteiger partial charge < -0.3 is 10.4 Å². The van der Waals surface area contributed by atoms with Crippen LogP contribution in [0.2, 0.25) is 0 Å². The molecule has 1 saturated carbocycles. The van der Waals surface area contributed by atoms with Crippen LogP contribution in [0.1, 0.15) is 39.5 Å². The monoisotopic (exact) mass is 199 g/mol. The number of rotatable bonds is 7. The summed E-state index contributed by atoms with van der Waals surface area (Å²) in [5, 5.41) is 12.0. The van der Waals surface area contributed by atoms with Crippen LogP contribution in [-0.2, 0) is 4.79 Å². The van der Waals surface area contributed by atoms with Crippen molar-refractivity contribution in [3.05, 3.63) is 0 Å². The summed E-state index contributed by atoms with van der Waals surface area (Å²) in [6.45, 7) is 5.55. The van der Waals surface area contributed by atoms with Crippen molar-refractivity contribution in [2.45, 2.75) is 39.5 Å². The fraction of sp³-hybridized carbons (Fsp3) is 0.909. The van der Waals surface area contributed by atoms with Gasteiger partial charge in [-0.25, -0.2) is 0 Å². The molecule has 0 radical (unpaired) electrons. The smallest absolute Gasteiger partial charge is 0.307 e. The lowest BCUT2D eigenvalue weighted by Gasteiger charge is -2.16. The summed E-state index contributed by atoms with van der Waals surface area (Å²) in [4.78, 5) is 10.6. The Morgan fingerprint density at radius 2 is 2.21 bits per heavy atom. The maximum atomic E-state index is 10.6. The van der Waals surface area contributed by atoms with E-state index in [2.05, 4.69) is 12.2 Å². The molecule has 3 nitrogen and oxygen atoms in total. The third-order valence-corrected chi connectivity index (χ3v) is 3.11. The van der Waals surface area contributed by atoms with Gasteiger partial charge in [-0.15, -0.1) is 0 Å². The fourth-order valence-electron chi connectivity index (χ4n) is 1.86. The molecule has 1 atom stereocenters. The Balaban J connectivity index is 2.12. The maximum Gasteiger partial charge on any atom is 0.307 e. The molecule has 2 N–H and O–H groups in total. The van der Waals surface area contributed by atoms with Crippen molar-refractivity contribution in [2.75, 3.05) is 13.1 Å². The zero-order valence-corrected chi connectivity index (χ0v) is 9.18. The van der Waals surface area contributed by atoms with E-state index in [0.717, 1.165) is 6.54 Å². The van der Waals surface area contributed by atoms with E-state index < -0.39 is 5.97 Å². The first-order valence-electron chi connectivity index (χ1n) is 5.53. The Hall–Kier alpha value is -0.570. The van der Waals surface area contributed by atoms with Crippen LogP contribution in [0, 0.1) is 11.3 Å². The van der Waals surface area contributed by atoms with Crippen molar-refractivity contribution in [3.8, 4) is 0 Å². The van der Waals surface area contributed by atoms with E-state index in [0.29, 0.717) is 12.0 Å². The molecule has 1 rings (SSSR count). The molecule has 0 aromatic heterocycles. The molecular weight excluding hydrogens is 178 g/mol. The topological polar surface area (TPSA) is 49.3 Å². The van der Waals surface area contributed by atoms with E-state index in [9.17, 15) is 4.79 Å². The molecule has 0 amide bonds. The van der Waals surface area contributed by atoms with Crippen LogP contribution < -0.4 is 5.32 Å². The molecule has 82 valence electrons. The molecule has 0 heterocycles. The summed E-state index contributed by atoms with van der Waals surface area (Å²) in [6, 6.07) is 0. The van der Waals surface area contributed by atoms with Gasteiger partial charge in [0, 0.05) is 13.1 Å². The van der Waals surface area contributed by atoms with E-state index in [1.54, 1.807) is 6.92 Å². The third kappa shape index (κ3) is 3.29. The van der Waals surface area contributed by atoms with Crippen LogP contribution in [-0.4, -0.2) is 24.2 Å². The van der Waals surface area contributed by atoms with Crippen LogP contribution in [0.15, 0.2) is 0 Å². The van der Waals surface area contributed by atoms with Crippen molar-refractivity contribution in [1.29, 1.82) is 0 Å². The second-order valence-electron chi connectivity index (χ2n) is 4.62. The van der Waals surface area contributed by atoms with E-state index in [-0.39, 0.29) is 5.92 Å². The lowest BCUT2D eigenvalue weighted by molar-refractivity contribution is -0.140. The molecule has 0 aromatic rings. The van der Waals surface area contributed by atoms with E-state index >= 15 is 0 Å². The van der Waals surface area contributed by atoms with E-state index in [4.69, 9.17) is 5.11 Å². The first kappa shape index (κ1) is 11.5. The molecule has 1 aliphatic rings. The van der Waals surface area contributed by atoms with Gasteiger partial charge in [0.15, 0.2) is 0 Å². The zero-order chi connectivity index (χ0) is 10.6. The van der Waals surface area contributed by atoms with E-state index in [1.807, 2.05) is 0 Å². The third-order valence-electron chi connectivity index (χ3n) is 3.11. The molecular formula is C11H21NO2. The van der Waals surface area contributed by atoms with Crippen molar-refractivity contribution < 1.29 is 9.90 Å². The van der Waals surface area contributed by atoms with Gasteiger partial charge in [0.1, 0.15) is 0 Å². The summed E-state index contributed by atoms with van der Waals surface area (Å²) in [7, 11) is 0. The van der Waals surface area contributed by atoms with Crippen LogP contribution in [0.3, 0.4) is 0 Å². The summed E-state index contributed by atoms with van der Waals surface area (Å²) < 4.78 is 0. The lowest BCUT2D eigenvalue weighted by atomic mass is 10.0. The summed E-state index contributed by atoms with van der Waals surface area (Å²) >= 11 is 0. The predicted molar refractivity (Wildman–Crippen MR) is 56.2 cm³/mol. The highest BCUT2D eigenvalue weighted by Crippen LogP contribution is 2.48. The predicted octanol–water partition coefficient (Wildman–Crippen LogP) is 1.88. The summed E-state index contributed by atoms with van der Waals surface area (Å²) in [5.41, 5.74) is 0.521. The van der Waals surface area contributed by atoms with Crippen LogP contribution in [0.4, 0.5) is 0 Å². The molecule has 1 aliphatic carbocycles. The second-order valence-corrected chi connectivity index (χ2v) is 4.62. The highest BCUT2D eigenvalue weighted by molar-refractivity contribution is 5.69. The van der Waals surface area contributed by atoms with Crippen molar-refractivity contribution in [2.24, 2.45) is 11.3 Å². The SMILES string of the molecule is CCCC1(CNCC(C)C(=O)O)CC1. The Morgan fingerprint density at radius 3 is 2.64 bits per heavy atom. The molecule has 1 unspecified atom stereocenters. The first-order chi connectivity index (χ1) is 6.59. The van der Waals surface area contributed by atoms with Gasteiger partial charge in [0.2, 0.25) is 0 Å². The number of nitrogens with one attached hydrogen (secondary N) is 1. The molecule has 0 spiro atoms. The minimum Gasteiger partial charge on any atom is -0.481 e. The fourth-order valence-corrected chi connectivity index (χ4v) is 1.86. The van der Waals surface area contributed by atoms with E-state index in [1.165, 1.54) is 25.7 Å². The standard InChI is InChI=1S/C11H21NO2/c1-3-4-11(5-6-11)8-12-7-9(2)10(13)14/h9,12H,3-8H2,1-2H3,(H,13,14). The highest BCUT2D eigenvalue weighted by Gasteiger charge is 2.40. The van der Waals surface area contributed by atoms with Gasteiger partial charge in [0.05, 0.1) is 5.92 Å². The molecule has 0 bridgehead atoms. The number of carboxylic acid groups (broad SMARTS) is 1. The van der Waals surface area contributed by atoms with Gasteiger partial charge in [-0.2, -0.15) is 0 Å². The van der Waals surface area contributed by atoms with Crippen molar-refractivity contribution in [1.82, 2.24) is 5.32 Å². The lowest BCUT2D eigenvalue weighted by Crippen LogP contribution is -2.31. The number of carboxylic acids is 1. The Kier molecular flexibility index (Phi) is 3.93. The first-order valence-corrected chi connectivity index (χ1v) is 5.53. The quantitative estimate of drug-likeness (QED) is 0.658. The van der Waals surface area contributed by atoms with Gasteiger partial charge in [-0.05, 0) is 24.7 Å². The summed E-state index contributed by atoms with van der Waals surface area (Å²) in [6.07, 6.45) is 5.14. The number of hydrogen-bond acceptors (Lipinski definition) is 2. The average Bonchev–Trinajstić information content (AvgIpc) is 2.85. The number of aliphatic carboxylic acids is 1. The molecule has 0 saturated heterocycles. The zero-order valence-electron chi connectivity index (χ0n) is 9.18. The molecule has 3 heteroatoms. The van der Waals surface area contributed by atoms with Crippen LogP contribution in [0.5, 0.6) is 0 Å². The van der Waals surface area contributed by atoms with Crippen molar-refractivity contribution >= 4 is 5.97 Å². The molecule has 1 fully saturated rings. The average molecular weight is 199 g/mol. The normalized spacial score (nSPS) is 20.4. The molecule has 0 aromatic carbocycles. The van der Waals surface area contributed by atoms with Gasteiger partial charge in [0.25, 0.3) is 0 Å². The minimum atomic E-state index is -0.710. The van der Waals surface area contributed by atoms with Crippen LogP contribution in [0.25, 0.3) is 0 Å².